The van der Waals surface area contributed by atoms with E-state index in [1.54, 1.807) is 31.2 Å². The average Bonchev–Trinajstić information content (AvgIpc) is 2.60. The molecule has 1 atom stereocenters. The molecule has 0 aliphatic carbocycles. The maximum absolute atomic E-state index is 13.1. The predicted octanol–water partition coefficient (Wildman–Crippen LogP) is 4.00. The molecule has 2 aromatic rings. The third-order valence-electron chi connectivity index (χ3n) is 3.85. The number of nitrogens with one attached hydrogen (secondary N) is 1. The Bertz CT molecular complexity index is 635. The summed E-state index contributed by atoms with van der Waals surface area (Å²) in [7, 11) is 0. The van der Waals surface area contributed by atoms with E-state index in [4.69, 9.17) is 5.73 Å². The Morgan fingerprint density at radius 3 is 1.62 bits per heavy atom. The fourth-order valence-corrected chi connectivity index (χ4v) is 2.67. The summed E-state index contributed by atoms with van der Waals surface area (Å²) in [5, 5.41) is 2.97. The van der Waals surface area contributed by atoms with Gasteiger partial charge in [-0.1, -0.05) is 38.1 Å². The highest BCUT2D eigenvalue weighted by Crippen LogP contribution is 2.20. The quantitative estimate of drug-likeness (QED) is 0.816. The molecule has 0 saturated carbocycles. The van der Waals surface area contributed by atoms with E-state index in [1.165, 1.54) is 24.3 Å². The Morgan fingerprint density at radius 1 is 0.962 bits per heavy atom. The number of halogens is 2. The summed E-state index contributed by atoms with van der Waals surface area (Å²) in [6.45, 7) is 7.52. The second-order valence-corrected chi connectivity index (χ2v) is 6.45. The van der Waals surface area contributed by atoms with Gasteiger partial charge in [0.05, 0.1) is 6.04 Å². The smallest absolute Gasteiger partial charge is 0.237 e. The van der Waals surface area contributed by atoms with Crippen molar-refractivity contribution in [2.45, 2.75) is 52.1 Å². The number of rotatable bonds is 6. The van der Waals surface area contributed by atoms with E-state index in [-0.39, 0.29) is 17.5 Å². The van der Waals surface area contributed by atoms with Crippen LogP contribution in [-0.2, 0) is 17.6 Å². The monoisotopic (exact) mass is 362 g/mol. The van der Waals surface area contributed by atoms with Crippen molar-refractivity contribution in [2.24, 2.45) is 5.73 Å². The molecule has 0 bridgehead atoms. The molecule has 0 radical (unpaired) electrons. The van der Waals surface area contributed by atoms with Crippen LogP contribution in [0.2, 0.25) is 0 Å². The normalized spacial score (nSPS) is 12.0. The van der Waals surface area contributed by atoms with Gasteiger partial charge in [-0.05, 0) is 62.1 Å². The van der Waals surface area contributed by atoms with Gasteiger partial charge in [0.15, 0.2) is 0 Å². The number of hydrogen-bond donors (Lipinski definition) is 2. The zero-order valence-electron chi connectivity index (χ0n) is 15.9. The number of carbonyl (C=O) groups is 1. The molecule has 26 heavy (non-hydrogen) atoms. The Labute approximate surface area is 154 Å². The lowest BCUT2D eigenvalue weighted by molar-refractivity contribution is -0.123. The molecule has 1 amide bonds. The SMILES string of the molecule is CC.CC(N)C(=O)NC(C)(Cc1ccc(F)cc1)Cc1ccc(F)cc1. The van der Waals surface area contributed by atoms with Crippen LogP contribution < -0.4 is 11.1 Å². The summed E-state index contributed by atoms with van der Waals surface area (Å²) < 4.78 is 26.2. The summed E-state index contributed by atoms with van der Waals surface area (Å²) >= 11 is 0. The van der Waals surface area contributed by atoms with Crippen molar-refractivity contribution in [1.82, 2.24) is 5.32 Å². The number of nitrogens with two attached hydrogens (primary N) is 1. The van der Waals surface area contributed by atoms with E-state index in [2.05, 4.69) is 5.32 Å². The van der Waals surface area contributed by atoms with E-state index >= 15 is 0 Å². The summed E-state index contributed by atoms with van der Waals surface area (Å²) in [5.74, 6) is -0.876. The van der Waals surface area contributed by atoms with Gasteiger partial charge in [-0.15, -0.1) is 0 Å². The van der Waals surface area contributed by atoms with Gasteiger partial charge in [-0.2, -0.15) is 0 Å². The van der Waals surface area contributed by atoms with E-state index in [9.17, 15) is 13.6 Å². The van der Waals surface area contributed by atoms with Crippen LogP contribution in [0, 0.1) is 11.6 Å². The number of amides is 1. The summed E-state index contributed by atoms with van der Waals surface area (Å²) in [4.78, 5) is 12.1. The highest BCUT2D eigenvalue weighted by atomic mass is 19.1. The molecule has 142 valence electrons. The second kappa shape index (κ2) is 10.0. The van der Waals surface area contributed by atoms with Gasteiger partial charge in [0.2, 0.25) is 5.91 Å². The summed E-state index contributed by atoms with van der Waals surface area (Å²) in [5.41, 5.74) is 6.82. The molecule has 1 unspecified atom stereocenters. The van der Waals surface area contributed by atoms with Crippen LogP contribution in [0.1, 0.15) is 38.8 Å². The topological polar surface area (TPSA) is 55.1 Å². The number of carbonyl (C=O) groups excluding carboxylic acids is 1. The Balaban J connectivity index is 0.00000163. The van der Waals surface area contributed by atoms with E-state index in [0.717, 1.165) is 11.1 Å². The predicted molar refractivity (Wildman–Crippen MR) is 102 cm³/mol. The van der Waals surface area contributed by atoms with Crippen LogP contribution in [0.5, 0.6) is 0 Å². The molecule has 0 aliphatic rings. The van der Waals surface area contributed by atoms with Crippen LogP contribution >= 0.6 is 0 Å². The highest BCUT2D eigenvalue weighted by Gasteiger charge is 2.28. The summed E-state index contributed by atoms with van der Waals surface area (Å²) in [6.07, 6.45) is 1.01. The van der Waals surface area contributed by atoms with Crippen molar-refractivity contribution >= 4 is 5.91 Å². The lowest BCUT2D eigenvalue weighted by Crippen LogP contribution is -2.53. The highest BCUT2D eigenvalue weighted by molar-refractivity contribution is 5.81. The molecule has 0 fully saturated rings. The lowest BCUT2D eigenvalue weighted by Gasteiger charge is -2.32. The third-order valence-corrected chi connectivity index (χ3v) is 3.85. The van der Waals surface area contributed by atoms with Gasteiger partial charge < -0.3 is 11.1 Å². The van der Waals surface area contributed by atoms with Gasteiger partial charge in [-0.3, -0.25) is 4.79 Å². The first-order chi connectivity index (χ1) is 12.3. The summed E-state index contributed by atoms with van der Waals surface area (Å²) in [6, 6.07) is 11.7. The lowest BCUT2D eigenvalue weighted by atomic mass is 9.86. The van der Waals surface area contributed by atoms with E-state index in [0.29, 0.717) is 12.8 Å². The van der Waals surface area contributed by atoms with Crippen LogP contribution in [0.15, 0.2) is 48.5 Å². The maximum Gasteiger partial charge on any atom is 0.237 e. The molecule has 0 saturated heterocycles. The molecule has 0 aromatic heterocycles. The number of hydrogen-bond acceptors (Lipinski definition) is 2. The van der Waals surface area contributed by atoms with Crippen molar-refractivity contribution in [3.05, 3.63) is 71.3 Å². The first-order valence-corrected chi connectivity index (χ1v) is 8.84. The van der Waals surface area contributed by atoms with Crippen molar-refractivity contribution in [1.29, 1.82) is 0 Å². The van der Waals surface area contributed by atoms with Gasteiger partial charge in [0, 0.05) is 5.54 Å². The fraction of sp³-hybridized carbons (Fsp3) is 0.381. The molecular formula is C21H28F2N2O. The Kier molecular flexibility index (Phi) is 8.39. The average molecular weight is 362 g/mol. The Morgan fingerprint density at radius 2 is 1.31 bits per heavy atom. The molecule has 0 heterocycles. The minimum absolute atomic E-state index is 0.262. The minimum Gasteiger partial charge on any atom is -0.349 e. The van der Waals surface area contributed by atoms with Crippen LogP contribution in [0.25, 0.3) is 0 Å². The molecular weight excluding hydrogens is 334 g/mol. The molecule has 3 N–H and O–H groups in total. The molecule has 5 heteroatoms. The van der Waals surface area contributed by atoms with Crippen LogP contribution in [-0.4, -0.2) is 17.5 Å². The van der Waals surface area contributed by atoms with Gasteiger partial charge in [-0.25, -0.2) is 8.78 Å². The molecule has 3 nitrogen and oxygen atoms in total. The maximum atomic E-state index is 13.1. The molecule has 0 spiro atoms. The van der Waals surface area contributed by atoms with Gasteiger partial charge >= 0.3 is 0 Å². The van der Waals surface area contributed by atoms with Crippen LogP contribution in [0.3, 0.4) is 0 Å². The van der Waals surface area contributed by atoms with Crippen LogP contribution in [0.4, 0.5) is 8.78 Å². The van der Waals surface area contributed by atoms with Gasteiger partial charge in [0.25, 0.3) is 0 Å². The molecule has 0 aliphatic heterocycles. The van der Waals surface area contributed by atoms with Crippen molar-refractivity contribution < 1.29 is 13.6 Å². The minimum atomic E-state index is -0.634. The van der Waals surface area contributed by atoms with E-state index in [1.807, 2.05) is 20.8 Å². The third kappa shape index (κ3) is 6.92. The molecule has 2 aromatic carbocycles. The van der Waals surface area contributed by atoms with Crippen molar-refractivity contribution in [3.63, 3.8) is 0 Å². The zero-order valence-corrected chi connectivity index (χ0v) is 15.9. The van der Waals surface area contributed by atoms with Gasteiger partial charge in [0.1, 0.15) is 11.6 Å². The van der Waals surface area contributed by atoms with E-state index < -0.39 is 11.6 Å². The first-order valence-electron chi connectivity index (χ1n) is 8.84. The second-order valence-electron chi connectivity index (χ2n) is 6.45. The molecule has 2 rings (SSSR count). The van der Waals surface area contributed by atoms with Crippen molar-refractivity contribution in [3.8, 4) is 0 Å². The van der Waals surface area contributed by atoms with Crippen molar-refractivity contribution in [2.75, 3.05) is 0 Å². The Hall–Kier alpha value is -2.27. The largest absolute Gasteiger partial charge is 0.349 e. The zero-order chi connectivity index (χ0) is 19.7. The fourth-order valence-electron chi connectivity index (χ4n) is 2.67. The number of benzene rings is 2. The first kappa shape index (κ1) is 21.8. The standard InChI is InChI=1S/C19H22F2N2O.C2H6/c1-13(22)18(24)23-19(2,11-14-3-7-16(20)8-4-14)12-15-5-9-17(21)10-6-15;1-2/h3-10,13H,11-12,22H2,1-2H3,(H,23,24);1-2H3.